The number of pyridine rings is 1. The number of benzene rings is 1. The SMILES string of the molecule is CN(C)C(=O)[C@@H]1[C@@H](CO)[C@@H]2Cn3c(ccc(C4=CCCCC4)c3=O)[C@@H]2N1C(=O)c1ccccc1F. The standard InChI is InChI=1S/C27H30FN3O4/c1-29(2)27(35)24-20(15-32)19-14-30-22(13-12-17(25(30)33)16-8-4-3-5-9-16)23(19)31(24)26(34)18-10-6-7-11-21(18)28/h6-8,10-13,19-20,23-24,32H,3-5,9,14-15H2,1-2H3/t19-,20-,23+,24-/m0/s1. The Kier molecular flexibility index (Phi) is 6.09. The van der Waals surface area contributed by atoms with E-state index < -0.39 is 29.7 Å². The fourth-order valence-corrected chi connectivity index (χ4v) is 6.06. The molecule has 1 aromatic carbocycles. The van der Waals surface area contributed by atoms with Crippen molar-refractivity contribution in [3.63, 3.8) is 0 Å². The van der Waals surface area contributed by atoms with Crippen LogP contribution in [0.15, 0.2) is 47.3 Å². The molecule has 7 nitrogen and oxygen atoms in total. The van der Waals surface area contributed by atoms with Gasteiger partial charge in [-0.05, 0) is 55.5 Å². The maximum atomic E-state index is 14.7. The Balaban J connectivity index is 1.64. The second-order valence-electron chi connectivity index (χ2n) is 9.89. The van der Waals surface area contributed by atoms with Gasteiger partial charge >= 0.3 is 0 Å². The Morgan fingerprint density at radius 3 is 2.57 bits per heavy atom. The minimum absolute atomic E-state index is 0.115. The first-order chi connectivity index (χ1) is 16.8. The third-order valence-electron chi connectivity index (χ3n) is 7.75. The summed E-state index contributed by atoms with van der Waals surface area (Å²) in [5.41, 5.74) is 2.09. The predicted molar refractivity (Wildman–Crippen MR) is 129 cm³/mol. The molecule has 8 heteroatoms. The summed E-state index contributed by atoms with van der Waals surface area (Å²) in [6.45, 7) is -0.0311. The molecule has 184 valence electrons. The van der Waals surface area contributed by atoms with Crippen molar-refractivity contribution in [1.29, 1.82) is 0 Å². The molecule has 0 saturated carbocycles. The summed E-state index contributed by atoms with van der Waals surface area (Å²) in [6.07, 6.45) is 6.10. The number of aromatic nitrogens is 1. The number of amides is 2. The Labute approximate surface area is 203 Å². The van der Waals surface area contributed by atoms with Crippen LogP contribution in [0.1, 0.15) is 53.3 Å². The second kappa shape index (κ2) is 9.07. The number of fused-ring (bicyclic) bond motifs is 3. The smallest absolute Gasteiger partial charge is 0.258 e. The minimum Gasteiger partial charge on any atom is -0.396 e. The summed E-state index contributed by atoms with van der Waals surface area (Å²) in [5, 5.41) is 10.4. The molecule has 5 rings (SSSR count). The van der Waals surface area contributed by atoms with Crippen LogP contribution in [0.3, 0.4) is 0 Å². The summed E-state index contributed by atoms with van der Waals surface area (Å²) < 4.78 is 16.3. The van der Waals surface area contributed by atoms with Gasteiger partial charge in [0.05, 0.1) is 11.6 Å². The fourth-order valence-electron chi connectivity index (χ4n) is 6.06. The summed E-state index contributed by atoms with van der Waals surface area (Å²) in [4.78, 5) is 43.4. The van der Waals surface area contributed by atoms with Gasteiger partial charge in [-0.3, -0.25) is 14.4 Å². The lowest BCUT2D eigenvalue weighted by Gasteiger charge is -2.32. The van der Waals surface area contributed by atoms with Gasteiger partial charge in [-0.2, -0.15) is 0 Å². The number of carbonyl (C=O) groups excluding carboxylic acids is 2. The molecule has 2 amide bonds. The van der Waals surface area contributed by atoms with E-state index in [0.29, 0.717) is 17.8 Å². The van der Waals surface area contributed by atoms with Crippen molar-refractivity contribution in [2.45, 2.75) is 44.3 Å². The zero-order valence-electron chi connectivity index (χ0n) is 20.0. The van der Waals surface area contributed by atoms with Crippen LogP contribution in [0.5, 0.6) is 0 Å². The van der Waals surface area contributed by atoms with Crippen molar-refractivity contribution in [2.75, 3.05) is 20.7 Å². The molecular formula is C27H30FN3O4. The average Bonchev–Trinajstić information content (AvgIpc) is 3.39. The zero-order valence-corrected chi connectivity index (χ0v) is 20.0. The van der Waals surface area contributed by atoms with E-state index in [-0.39, 0.29) is 29.6 Å². The van der Waals surface area contributed by atoms with Crippen molar-refractivity contribution in [1.82, 2.24) is 14.4 Å². The second-order valence-corrected chi connectivity index (χ2v) is 9.89. The summed E-state index contributed by atoms with van der Waals surface area (Å²) in [5.74, 6) is -2.54. The van der Waals surface area contributed by atoms with E-state index in [2.05, 4.69) is 6.08 Å². The first-order valence-electron chi connectivity index (χ1n) is 12.2. The van der Waals surface area contributed by atoms with Crippen LogP contribution in [0.2, 0.25) is 0 Å². The lowest BCUT2D eigenvalue weighted by atomic mass is 9.88. The highest BCUT2D eigenvalue weighted by molar-refractivity contribution is 5.98. The number of likely N-dealkylation sites (tertiary alicyclic amines) is 1. The molecule has 3 aliphatic rings. The number of aliphatic hydroxyl groups excluding tert-OH is 1. The van der Waals surface area contributed by atoms with Crippen LogP contribution in [0, 0.1) is 17.7 Å². The molecule has 1 aromatic heterocycles. The first-order valence-corrected chi connectivity index (χ1v) is 12.2. The summed E-state index contributed by atoms with van der Waals surface area (Å²) >= 11 is 0. The van der Waals surface area contributed by atoms with Crippen LogP contribution in [-0.2, 0) is 11.3 Å². The quantitative estimate of drug-likeness (QED) is 0.731. The van der Waals surface area contributed by atoms with E-state index in [1.54, 1.807) is 24.7 Å². The van der Waals surface area contributed by atoms with Gasteiger partial charge in [-0.15, -0.1) is 0 Å². The number of rotatable bonds is 4. The first kappa shape index (κ1) is 23.5. The molecule has 0 spiro atoms. The van der Waals surface area contributed by atoms with Crippen LogP contribution >= 0.6 is 0 Å². The number of hydrogen-bond donors (Lipinski definition) is 1. The predicted octanol–water partition coefficient (Wildman–Crippen LogP) is 2.84. The largest absolute Gasteiger partial charge is 0.396 e. The Hall–Kier alpha value is -3.26. The maximum Gasteiger partial charge on any atom is 0.258 e. The van der Waals surface area contributed by atoms with E-state index in [4.69, 9.17) is 0 Å². The van der Waals surface area contributed by atoms with Crippen molar-refractivity contribution in [3.05, 3.63) is 75.5 Å². The van der Waals surface area contributed by atoms with E-state index >= 15 is 0 Å². The van der Waals surface area contributed by atoms with Crippen molar-refractivity contribution in [3.8, 4) is 0 Å². The highest BCUT2D eigenvalue weighted by Crippen LogP contribution is 2.50. The van der Waals surface area contributed by atoms with E-state index in [9.17, 15) is 23.9 Å². The van der Waals surface area contributed by atoms with E-state index in [0.717, 1.165) is 31.3 Å². The number of hydrogen-bond acceptors (Lipinski definition) is 4. The monoisotopic (exact) mass is 479 g/mol. The Morgan fingerprint density at radius 2 is 1.91 bits per heavy atom. The molecule has 4 atom stereocenters. The molecule has 3 heterocycles. The number of nitrogens with zero attached hydrogens (tertiary/aromatic N) is 3. The van der Waals surface area contributed by atoms with Gasteiger partial charge in [0.15, 0.2) is 0 Å². The van der Waals surface area contributed by atoms with Gasteiger partial charge in [0.2, 0.25) is 5.91 Å². The van der Waals surface area contributed by atoms with Gasteiger partial charge in [-0.25, -0.2) is 4.39 Å². The molecule has 0 radical (unpaired) electrons. The van der Waals surface area contributed by atoms with Gasteiger partial charge in [0.25, 0.3) is 11.5 Å². The number of likely N-dealkylation sites (N-methyl/N-ethyl adjacent to an activating group) is 1. The highest BCUT2D eigenvalue weighted by Gasteiger charge is 2.58. The van der Waals surface area contributed by atoms with Gasteiger partial charge in [0, 0.05) is 50.3 Å². The Bertz CT molecular complexity index is 1270. The third kappa shape index (κ3) is 3.71. The van der Waals surface area contributed by atoms with E-state index in [1.807, 2.05) is 12.1 Å². The fraction of sp³-hybridized carbons (Fsp3) is 0.444. The molecular weight excluding hydrogens is 449 g/mol. The molecule has 1 aliphatic carbocycles. The number of aliphatic hydroxyl groups is 1. The lowest BCUT2D eigenvalue weighted by Crippen LogP contribution is -2.50. The molecule has 1 N–H and O–H groups in total. The van der Waals surface area contributed by atoms with Crippen LogP contribution in [0.4, 0.5) is 4.39 Å². The average molecular weight is 480 g/mol. The van der Waals surface area contributed by atoms with Crippen LogP contribution < -0.4 is 5.56 Å². The Morgan fingerprint density at radius 1 is 1.14 bits per heavy atom. The van der Waals surface area contributed by atoms with Gasteiger partial charge < -0.3 is 19.5 Å². The molecule has 35 heavy (non-hydrogen) atoms. The van der Waals surface area contributed by atoms with Crippen molar-refractivity contribution < 1.29 is 19.1 Å². The lowest BCUT2D eigenvalue weighted by molar-refractivity contribution is -0.134. The zero-order chi connectivity index (χ0) is 24.9. The summed E-state index contributed by atoms with van der Waals surface area (Å²) in [6, 6.07) is 7.79. The summed E-state index contributed by atoms with van der Waals surface area (Å²) in [7, 11) is 3.19. The number of allylic oxidation sites excluding steroid dienone is 2. The van der Waals surface area contributed by atoms with Crippen LogP contribution in [0.25, 0.3) is 5.57 Å². The van der Waals surface area contributed by atoms with Crippen molar-refractivity contribution >= 4 is 17.4 Å². The molecule has 1 fully saturated rings. The molecule has 2 aromatic rings. The van der Waals surface area contributed by atoms with Crippen molar-refractivity contribution in [2.24, 2.45) is 11.8 Å². The normalized spacial score (nSPS) is 25.1. The third-order valence-corrected chi connectivity index (χ3v) is 7.75. The van der Waals surface area contributed by atoms with E-state index in [1.165, 1.54) is 28.0 Å². The van der Waals surface area contributed by atoms with Crippen LogP contribution in [-0.4, -0.2) is 58.0 Å². The molecule has 0 bridgehead atoms. The molecule has 1 saturated heterocycles. The number of halogens is 1. The van der Waals surface area contributed by atoms with Gasteiger partial charge in [0.1, 0.15) is 11.9 Å². The highest BCUT2D eigenvalue weighted by atomic mass is 19.1. The minimum atomic E-state index is -0.957. The maximum absolute atomic E-state index is 14.7. The molecule has 0 unspecified atom stereocenters. The molecule has 2 aliphatic heterocycles. The topological polar surface area (TPSA) is 82.8 Å². The van der Waals surface area contributed by atoms with Gasteiger partial charge in [-0.1, -0.05) is 18.2 Å². The number of carbonyl (C=O) groups is 2.